The van der Waals surface area contributed by atoms with E-state index in [4.69, 9.17) is 29.7 Å². The molecular weight excluding hydrogens is 630 g/mol. The Hall–Kier alpha value is -3.84. The molecule has 13 heteroatoms. The van der Waals surface area contributed by atoms with Gasteiger partial charge in [0.15, 0.2) is 6.54 Å². The number of carbonyl (C=O) groups excluding carboxylic acids is 3. The monoisotopic (exact) mass is 686 g/mol. The van der Waals surface area contributed by atoms with Gasteiger partial charge in [-0.05, 0) is 112 Å². The molecule has 1 unspecified atom stereocenters. The highest BCUT2D eigenvalue weighted by atomic mass is 16.7. The second kappa shape index (κ2) is 14.6. The number of esters is 1. The van der Waals surface area contributed by atoms with Gasteiger partial charge in [0.05, 0.1) is 24.2 Å². The third kappa shape index (κ3) is 10.3. The van der Waals surface area contributed by atoms with Gasteiger partial charge in [-0.3, -0.25) is 4.84 Å². The maximum atomic E-state index is 13.0. The van der Waals surface area contributed by atoms with Crippen LogP contribution in [0.5, 0.6) is 5.75 Å². The van der Waals surface area contributed by atoms with Crippen molar-refractivity contribution >= 4 is 18.2 Å². The molecule has 0 bridgehead atoms. The summed E-state index contributed by atoms with van der Waals surface area (Å²) in [7, 11) is 0. The minimum absolute atomic E-state index is 0.275. The number of nitrogens with zero attached hydrogens (tertiary/aromatic N) is 3. The SMILES string of the molecule is CC(C)(C)OC(=O)NCCCn1cc(-c2ccc3c(c2)CC[C@H](C(C)(ON)C(=O)OC(C)(C)C)O3)c[n+]1CC1CN(C(=O)OC(C)(C)C)C1. The molecule has 1 fully saturated rings. The molecule has 1 saturated heterocycles. The number of benzene rings is 1. The Kier molecular flexibility index (Phi) is 11.3. The molecule has 2 aliphatic rings. The fourth-order valence-corrected chi connectivity index (χ4v) is 5.76. The number of nitrogens with two attached hydrogens (primary N) is 1. The van der Waals surface area contributed by atoms with Crippen LogP contribution in [-0.4, -0.2) is 75.9 Å². The molecule has 4 rings (SSSR count). The Morgan fingerprint density at radius 2 is 1.59 bits per heavy atom. The number of amides is 2. The van der Waals surface area contributed by atoms with Crippen molar-refractivity contribution < 1.29 is 42.9 Å². The highest BCUT2D eigenvalue weighted by Crippen LogP contribution is 2.36. The first-order chi connectivity index (χ1) is 22.7. The highest BCUT2D eigenvalue weighted by molar-refractivity contribution is 5.80. The summed E-state index contributed by atoms with van der Waals surface area (Å²) < 4.78 is 27.1. The molecule has 2 aromatic rings. The molecule has 0 saturated carbocycles. The number of rotatable bonds is 10. The van der Waals surface area contributed by atoms with Gasteiger partial charge in [0.25, 0.3) is 0 Å². The quantitative estimate of drug-likeness (QED) is 0.117. The lowest BCUT2D eigenvalue weighted by Crippen LogP contribution is -2.58. The molecule has 2 atom stereocenters. The van der Waals surface area contributed by atoms with Crippen molar-refractivity contribution in [2.24, 2.45) is 11.8 Å². The van der Waals surface area contributed by atoms with Crippen LogP contribution in [0.1, 0.15) is 87.6 Å². The number of likely N-dealkylation sites (tertiary alicyclic amines) is 1. The third-order valence-electron chi connectivity index (χ3n) is 8.19. The Balaban J connectivity index is 1.48. The average molecular weight is 687 g/mol. The lowest BCUT2D eigenvalue weighted by molar-refractivity contribution is -0.781. The maximum absolute atomic E-state index is 13.0. The van der Waals surface area contributed by atoms with Crippen molar-refractivity contribution in [1.29, 1.82) is 0 Å². The summed E-state index contributed by atoms with van der Waals surface area (Å²) >= 11 is 0. The molecular formula is C36H56N5O8+. The normalized spacial score (nSPS) is 18.0. The van der Waals surface area contributed by atoms with Crippen LogP contribution in [0.2, 0.25) is 0 Å². The Bertz CT molecular complexity index is 1500. The summed E-state index contributed by atoms with van der Waals surface area (Å²) in [4.78, 5) is 44.6. The summed E-state index contributed by atoms with van der Waals surface area (Å²) in [5.74, 6) is 6.01. The van der Waals surface area contributed by atoms with Crippen LogP contribution in [0.15, 0.2) is 30.6 Å². The molecule has 3 N–H and O–H groups in total. The van der Waals surface area contributed by atoms with Gasteiger partial charge in [0.1, 0.15) is 28.7 Å². The third-order valence-corrected chi connectivity index (χ3v) is 8.19. The van der Waals surface area contributed by atoms with Gasteiger partial charge in [0.2, 0.25) is 11.8 Å². The first kappa shape index (κ1) is 38.0. The van der Waals surface area contributed by atoms with E-state index in [1.54, 1.807) is 32.6 Å². The molecule has 2 aliphatic heterocycles. The highest BCUT2D eigenvalue weighted by Gasteiger charge is 2.48. The Morgan fingerprint density at radius 1 is 0.939 bits per heavy atom. The van der Waals surface area contributed by atoms with E-state index in [9.17, 15) is 14.4 Å². The Morgan fingerprint density at radius 3 is 2.20 bits per heavy atom. The van der Waals surface area contributed by atoms with Crippen molar-refractivity contribution in [3.63, 3.8) is 0 Å². The number of hydrogen-bond donors (Lipinski definition) is 2. The van der Waals surface area contributed by atoms with Crippen LogP contribution in [0, 0.1) is 5.92 Å². The fraction of sp³-hybridized carbons (Fsp3) is 0.667. The number of aryl methyl sites for hydroxylation is 2. The first-order valence-corrected chi connectivity index (χ1v) is 17.1. The van der Waals surface area contributed by atoms with Gasteiger partial charge in [-0.25, -0.2) is 20.3 Å². The van der Waals surface area contributed by atoms with Crippen LogP contribution in [0.4, 0.5) is 9.59 Å². The topological polar surface area (TPSA) is 147 Å². The zero-order valence-corrected chi connectivity index (χ0v) is 30.9. The summed E-state index contributed by atoms with van der Waals surface area (Å²) in [5.41, 5.74) is -0.196. The van der Waals surface area contributed by atoms with Crippen molar-refractivity contribution in [2.75, 3.05) is 19.6 Å². The molecule has 49 heavy (non-hydrogen) atoms. The number of alkyl carbamates (subject to hydrolysis) is 1. The lowest BCUT2D eigenvalue weighted by Gasteiger charge is -2.38. The predicted molar refractivity (Wildman–Crippen MR) is 182 cm³/mol. The molecule has 0 aliphatic carbocycles. The zero-order chi connectivity index (χ0) is 36.4. The smallest absolute Gasteiger partial charge is 0.410 e. The zero-order valence-electron chi connectivity index (χ0n) is 30.9. The van der Waals surface area contributed by atoms with Gasteiger partial charge in [-0.15, -0.1) is 4.68 Å². The van der Waals surface area contributed by atoms with E-state index in [-0.39, 0.29) is 12.0 Å². The van der Waals surface area contributed by atoms with Crippen molar-refractivity contribution in [1.82, 2.24) is 14.9 Å². The number of aromatic nitrogens is 2. The summed E-state index contributed by atoms with van der Waals surface area (Å²) in [6.45, 7) is 21.2. The van der Waals surface area contributed by atoms with Crippen molar-refractivity contribution in [3.8, 4) is 16.9 Å². The maximum Gasteiger partial charge on any atom is 0.410 e. The number of hydrogen-bond acceptors (Lipinski definition) is 9. The molecule has 3 heterocycles. The molecule has 1 aromatic carbocycles. The molecule has 0 spiro atoms. The number of fused-ring (bicyclic) bond motifs is 1. The second-order valence-electron chi connectivity index (χ2n) is 16.2. The van der Waals surface area contributed by atoms with Gasteiger partial charge in [-0.2, -0.15) is 4.68 Å². The van der Waals surface area contributed by atoms with Gasteiger partial charge in [-0.1, -0.05) is 6.07 Å². The van der Waals surface area contributed by atoms with E-state index in [1.165, 1.54) is 0 Å². The largest absolute Gasteiger partial charge is 0.486 e. The van der Waals surface area contributed by atoms with E-state index >= 15 is 0 Å². The van der Waals surface area contributed by atoms with E-state index < -0.39 is 40.6 Å². The predicted octanol–water partition coefficient (Wildman–Crippen LogP) is 4.91. The van der Waals surface area contributed by atoms with Gasteiger partial charge in [0, 0.05) is 19.6 Å². The minimum Gasteiger partial charge on any atom is -0.486 e. The lowest BCUT2D eigenvalue weighted by atomic mass is 9.89. The number of carbonyl (C=O) groups is 3. The standard InChI is InChI=1S/C36H55N5O8/c1-33(2,3)46-30(42)36(10,49-37)29-15-13-26-18-25(12-14-28(26)45-29)27-22-40(17-11-16-38-31(43)47-34(4,5)6)41(23-27)21-24-19-39(20-24)32(44)48-35(7,8)9/h12,14,18,22-24,29H,11,13,15-17,19-21,37H2,1-10H3/p+1/t29-,36?/m1/s1. The second-order valence-corrected chi connectivity index (χ2v) is 16.2. The van der Waals surface area contributed by atoms with Crippen LogP contribution in [0.25, 0.3) is 11.1 Å². The van der Waals surface area contributed by atoms with Crippen LogP contribution in [0.3, 0.4) is 0 Å². The number of ether oxygens (including phenoxy) is 4. The molecule has 272 valence electrons. The van der Waals surface area contributed by atoms with E-state index in [0.29, 0.717) is 51.2 Å². The first-order valence-electron chi connectivity index (χ1n) is 17.1. The van der Waals surface area contributed by atoms with Crippen LogP contribution < -0.4 is 20.6 Å². The summed E-state index contributed by atoms with van der Waals surface area (Å²) in [6, 6.07) is 6.03. The van der Waals surface area contributed by atoms with Crippen LogP contribution >= 0.6 is 0 Å². The number of nitrogens with one attached hydrogen (secondary N) is 1. The average Bonchev–Trinajstić information content (AvgIpc) is 3.35. The van der Waals surface area contributed by atoms with Crippen molar-refractivity contribution in [2.45, 2.75) is 130 Å². The molecule has 0 radical (unpaired) electrons. The van der Waals surface area contributed by atoms with Crippen LogP contribution in [-0.2, 0) is 43.4 Å². The van der Waals surface area contributed by atoms with Gasteiger partial charge >= 0.3 is 18.2 Å². The van der Waals surface area contributed by atoms with Crippen molar-refractivity contribution in [3.05, 3.63) is 36.2 Å². The van der Waals surface area contributed by atoms with E-state index in [1.807, 2.05) is 53.7 Å². The van der Waals surface area contributed by atoms with E-state index in [2.05, 4.69) is 33.1 Å². The van der Waals surface area contributed by atoms with Gasteiger partial charge < -0.3 is 29.2 Å². The molecule has 1 aromatic heterocycles. The summed E-state index contributed by atoms with van der Waals surface area (Å²) in [5, 5.41) is 2.84. The van der Waals surface area contributed by atoms with E-state index in [0.717, 1.165) is 23.2 Å². The molecule has 2 amide bonds. The fourth-order valence-electron chi connectivity index (χ4n) is 5.76. The Labute approximate surface area is 290 Å². The molecule has 13 nitrogen and oxygen atoms in total. The minimum atomic E-state index is -1.47. The summed E-state index contributed by atoms with van der Waals surface area (Å²) in [6.07, 6.45) is 4.75.